The van der Waals surface area contributed by atoms with Crippen molar-refractivity contribution in [2.24, 2.45) is 11.1 Å². The molecule has 4 nitrogen and oxygen atoms in total. The Bertz CT molecular complexity index is 771. The number of hydrogen-bond acceptors (Lipinski definition) is 3. The van der Waals surface area contributed by atoms with E-state index in [4.69, 9.17) is 0 Å². The van der Waals surface area contributed by atoms with E-state index in [-0.39, 0.29) is 5.41 Å². The average Bonchev–Trinajstić information content (AvgIpc) is 2.94. The summed E-state index contributed by atoms with van der Waals surface area (Å²) in [7, 11) is 0. The van der Waals surface area contributed by atoms with Gasteiger partial charge in [0.05, 0.1) is 0 Å². The lowest BCUT2D eigenvalue weighted by Crippen LogP contribution is -2.26. The number of fused-ring (bicyclic) bond motifs is 1. The molecule has 1 aromatic heterocycles. The minimum atomic E-state index is -0.0367. The molecular weight excluding hydrogens is 286 g/mol. The summed E-state index contributed by atoms with van der Waals surface area (Å²) in [6.07, 6.45) is 8.64. The van der Waals surface area contributed by atoms with Crippen LogP contribution in [-0.2, 0) is 11.8 Å². The summed E-state index contributed by atoms with van der Waals surface area (Å²) in [4.78, 5) is 0. The van der Waals surface area contributed by atoms with Gasteiger partial charge < -0.3 is 5.21 Å². The molecule has 2 N–H and O–H groups in total. The molecule has 0 saturated heterocycles. The summed E-state index contributed by atoms with van der Waals surface area (Å²) in [5.41, 5.74) is 5.02. The van der Waals surface area contributed by atoms with Crippen molar-refractivity contribution in [1.82, 2.24) is 10.2 Å². The molecule has 1 atom stereocenters. The molecular formula is C19H21N3O. The van der Waals surface area contributed by atoms with Gasteiger partial charge in [-0.05, 0) is 18.4 Å². The first-order valence-electron chi connectivity index (χ1n) is 8.25. The summed E-state index contributed by atoms with van der Waals surface area (Å²) >= 11 is 0. The first-order chi connectivity index (χ1) is 11.2. The van der Waals surface area contributed by atoms with Gasteiger partial charge in [0.15, 0.2) is 0 Å². The van der Waals surface area contributed by atoms with Crippen LogP contribution in [0.1, 0.15) is 48.7 Å². The fraction of sp³-hybridized carbons (Fsp3) is 0.368. The van der Waals surface area contributed by atoms with Gasteiger partial charge in [-0.2, -0.15) is 5.10 Å². The Morgan fingerprint density at radius 1 is 1.30 bits per heavy atom. The molecule has 23 heavy (non-hydrogen) atoms. The molecule has 0 aliphatic heterocycles. The van der Waals surface area contributed by atoms with Gasteiger partial charge in [-0.3, -0.25) is 5.10 Å². The summed E-state index contributed by atoms with van der Waals surface area (Å²) in [5, 5.41) is 20.6. The number of nitrogens with zero attached hydrogens (tertiary/aromatic N) is 2. The molecule has 0 bridgehead atoms. The topological polar surface area (TPSA) is 61.3 Å². The first-order valence-corrected chi connectivity index (χ1v) is 8.25. The van der Waals surface area contributed by atoms with Crippen molar-refractivity contribution in [1.29, 1.82) is 0 Å². The lowest BCUT2D eigenvalue weighted by atomic mass is 9.74. The fourth-order valence-electron chi connectivity index (χ4n) is 3.61. The lowest BCUT2D eigenvalue weighted by Gasteiger charge is -2.30. The third-order valence-electron chi connectivity index (χ3n) is 5.32. The molecule has 2 aliphatic carbocycles. The first kappa shape index (κ1) is 14.2. The number of oxime groups is 1. The van der Waals surface area contributed by atoms with E-state index >= 15 is 0 Å². The van der Waals surface area contributed by atoms with Crippen LogP contribution in [-0.4, -0.2) is 21.1 Å². The fourth-order valence-corrected chi connectivity index (χ4v) is 3.61. The van der Waals surface area contributed by atoms with E-state index in [9.17, 15) is 5.21 Å². The average molecular weight is 307 g/mol. The van der Waals surface area contributed by atoms with E-state index in [0.717, 1.165) is 41.9 Å². The van der Waals surface area contributed by atoms with Crippen molar-refractivity contribution in [2.45, 2.75) is 38.0 Å². The molecule has 1 aromatic carbocycles. The molecule has 2 aliphatic rings. The maximum atomic E-state index is 9.43. The Kier molecular flexibility index (Phi) is 3.33. The quantitative estimate of drug-likeness (QED) is 0.513. The highest BCUT2D eigenvalue weighted by Crippen LogP contribution is 2.37. The van der Waals surface area contributed by atoms with Gasteiger partial charge in [0.2, 0.25) is 0 Å². The van der Waals surface area contributed by atoms with Gasteiger partial charge in [0.1, 0.15) is 11.4 Å². The Balaban J connectivity index is 1.69. The number of aromatic amines is 1. The Labute approximate surface area is 135 Å². The molecule has 4 heteroatoms. The van der Waals surface area contributed by atoms with Crippen LogP contribution in [0.25, 0.3) is 6.08 Å². The molecule has 2 aromatic rings. The Morgan fingerprint density at radius 3 is 2.74 bits per heavy atom. The lowest BCUT2D eigenvalue weighted by molar-refractivity contribution is 0.305. The molecule has 118 valence electrons. The molecule has 1 fully saturated rings. The van der Waals surface area contributed by atoms with E-state index in [1.165, 1.54) is 12.0 Å². The van der Waals surface area contributed by atoms with Crippen molar-refractivity contribution in [2.75, 3.05) is 0 Å². The van der Waals surface area contributed by atoms with Crippen molar-refractivity contribution >= 4 is 11.8 Å². The van der Waals surface area contributed by atoms with Gasteiger partial charge in [0.25, 0.3) is 0 Å². The van der Waals surface area contributed by atoms with Crippen LogP contribution in [0.4, 0.5) is 0 Å². The highest BCUT2D eigenvalue weighted by molar-refractivity contribution is 6.03. The maximum Gasteiger partial charge on any atom is 0.117 e. The molecule has 1 unspecified atom stereocenters. The molecule has 0 spiro atoms. The molecule has 4 rings (SSSR count). The van der Waals surface area contributed by atoms with Crippen molar-refractivity contribution in [3.8, 4) is 0 Å². The van der Waals surface area contributed by atoms with Crippen LogP contribution in [0.15, 0.2) is 41.6 Å². The minimum Gasteiger partial charge on any atom is -0.411 e. The zero-order chi connectivity index (χ0) is 15.9. The highest BCUT2D eigenvalue weighted by Gasteiger charge is 2.33. The van der Waals surface area contributed by atoms with Crippen molar-refractivity contribution < 1.29 is 5.21 Å². The van der Waals surface area contributed by atoms with E-state index in [1.54, 1.807) is 0 Å². The van der Waals surface area contributed by atoms with Gasteiger partial charge in [0, 0.05) is 29.0 Å². The summed E-state index contributed by atoms with van der Waals surface area (Å²) < 4.78 is 0. The molecule has 1 heterocycles. The number of aromatic nitrogens is 2. The normalized spacial score (nSPS) is 24.3. The van der Waals surface area contributed by atoms with E-state index in [0.29, 0.717) is 5.92 Å². The number of benzene rings is 1. The monoisotopic (exact) mass is 307 g/mol. The van der Waals surface area contributed by atoms with Crippen LogP contribution in [0.2, 0.25) is 0 Å². The zero-order valence-corrected chi connectivity index (χ0v) is 13.3. The van der Waals surface area contributed by atoms with Crippen LogP contribution in [0.3, 0.4) is 0 Å². The van der Waals surface area contributed by atoms with Crippen molar-refractivity contribution in [3.05, 3.63) is 58.9 Å². The Morgan fingerprint density at radius 2 is 2.09 bits per heavy atom. The van der Waals surface area contributed by atoms with Crippen LogP contribution < -0.4 is 0 Å². The van der Waals surface area contributed by atoms with Gasteiger partial charge >= 0.3 is 0 Å². The van der Waals surface area contributed by atoms with Crippen LogP contribution in [0.5, 0.6) is 0 Å². The van der Waals surface area contributed by atoms with Gasteiger partial charge in [-0.25, -0.2) is 0 Å². The maximum absolute atomic E-state index is 9.43. The second-order valence-electron chi connectivity index (χ2n) is 6.87. The highest BCUT2D eigenvalue weighted by atomic mass is 16.4. The van der Waals surface area contributed by atoms with Crippen molar-refractivity contribution in [3.63, 3.8) is 0 Å². The van der Waals surface area contributed by atoms with Gasteiger partial charge in [-0.15, -0.1) is 0 Å². The minimum absolute atomic E-state index is 0.0367. The second-order valence-corrected chi connectivity index (χ2v) is 6.87. The number of allylic oxidation sites excluding steroid dienone is 1. The number of H-pyrrole nitrogens is 1. The number of nitrogens with one attached hydrogen (secondary N) is 1. The summed E-state index contributed by atoms with van der Waals surface area (Å²) in [5.74, 6) is 0.350. The second kappa shape index (κ2) is 5.37. The Hall–Kier alpha value is -2.36. The predicted molar refractivity (Wildman–Crippen MR) is 90.8 cm³/mol. The van der Waals surface area contributed by atoms with Crippen LogP contribution in [0, 0.1) is 5.92 Å². The third kappa shape index (κ3) is 2.29. The van der Waals surface area contributed by atoms with Crippen LogP contribution >= 0.6 is 0 Å². The summed E-state index contributed by atoms with van der Waals surface area (Å²) in [6, 6.07) is 10.5. The SMILES string of the molecule is CC1(c2ccccc2)C=Cc2c(/C(=N/O)C3CCC3)n[nH]c2C1. The van der Waals surface area contributed by atoms with E-state index in [2.05, 4.69) is 58.7 Å². The molecule has 0 amide bonds. The number of hydrogen-bond donors (Lipinski definition) is 2. The zero-order valence-electron chi connectivity index (χ0n) is 13.3. The standard InChI is InChI=1S/C19H21N3O/c1-19(14-8-3-2-4-9-14)11-10-15-16(12-19)20-21-18(15)17(22-23)13-6-5-7-13/h2-4,8-11,13,23H,5-7,12H2,1H3,(H,20,21)/b22-17+. The van der Waals surface area contributed by atoms with E-state index < -0.39 is 0 Å². The number of rotatable bonds is 3. The third-order valence-corrected chi connectivity index (χ3v) is 5.32. The summed E-state index contributed by atoms with van der Waals surface area (Å²) in [6.45, 7) is 2.25. The molecule has 0 radical (unpaired) electrons. The largest absolute Gasteiger partial charge is 0.411 e. The van der Waals surface area contributed by atoms with E-state index in [1.807, 2.05) is 6.07 Å². The van der Waals surface area contributed by atoms with Gasteiger partial charge in [-0.1, -0.05) is 61.0 Å². The smallest absolute Gasteiger partial charge is 0.117 e. The predicted octanol–water partition coefficient (Wildman–Crippen LogP) is 3.92. The molecule has 1 saturated carbocycles.